The number of rotatable bonds is 4. The van der Waals surface area contributed by atoms with Crippen molar-refractivity contribution in [3.63, 3.8) is 0 Å². The number of aromatic nitrogens is 2. The van der Waals surface area contributed by atoms with E-state index in [0.717, 1.165) is 62.7 Å². The van der Waals surface area contributed by atoms with E-state index in [0.29, 0.717) is 17.7 Å². The molecule has 2 heterocycles. The zero-order valence-corrected chi connectivity index (χ0v) is 14.6. The van der Waals surface area contributed by atoms with E-state index >= 15 is 0 Å². The highest BCUT2D eigenvalue weighted by Crippen LogP contribution is 2.29. The number of carbonyl (C=O) groups is 1. The Bertz CT molecular complexity index is 542. The highest BCUT2D eigenvalue weighted by Gasteiger charge is 2.29. The third-order valence-corrected chi connectivity index (χ3v) is 5.25. The predicted molar refractivity (Wildman–Crippen MR) is 91.4 cm³/mol. The average molecular weight is 316 g/mol. The zero-order valence-electron chi connectivity index (χ0n) is 14.6. The number of nitrogens with zero attached hydrogens (tertiary/aromatic N) is 4. The molecule has 1 aliphatic carbocycles. The lowest BCUT2D eigenvalue weighted by Gasteiger charge is -2.36. The van der Waals surface area contributed by atoms with Gasteiger partial charge in [-0.05, 0) is 45.4 Å². The summed E-state index contributed by atoms with van der Waals surface area (Å²) in [4.78, 5) is 25.5. The van der Waals surface area contributed by atoms with E-state index in [1.807, 2.05) is 25.8 Å². The number of anilines is 1. The Hall–Kier alpha value is -1.65. The Kier molecular flexibility index (Phi) is 4.83. The fraction of sp³-hybridized carbons (Fsp3) is 0.722. The van der Waals surface area contributed by atoms with Gasteiger partial charge in [-0.1, -0.05) is 6.42 Å². The molecule has 126 valence electrons. The monoisotopic (exact) mass is 316 g/mol. The summed E-state index contributed by atoms with van der Waals surface area (Å²) in [6, 6.07) is 2.07. The molecule has 0 aromatic carbocycles. The van der Waals surface area contributed by atoms with Crippen LogP contribution in [0.25, 0.3) is 0 Å². The lowest BCUT2D eigenvalue weighted by atomic mass is 9.84. The van der Waals surface area contributed by atoms with E-state index < -0.39 is 0 Å². The molecule has 1 saturated heterocycles. The first-order chi connectivity index (χ1) is 11.0. The highest BCUT2D eigenvalue weighted by molar-refractivity contribution is 5.79. The van der Waals surface area contributed by atoms with E-state index in [2.05, 4.69) is 20.9 Å². The van der Waals surface area contributed by atoms with Gasteiger partial charge in [0.2, 0.25) is 5.91 Å². The summed E-state index contributed by atoms with van der Waals surface area (Å²) in [6.45, 7) is 6.92. The van der Waals surface area contributed by atoms with Crippen molar-refractivity contribution in [1.82, 2.24) is 14.9 Å². The smallest absolute Gasteiger partial charge is 0.225 e. The molecule has 5 heteroatoms. The number of aryl methyl sites for hydroxylation is 2. The van der Waals surface area contributed by atoms with Crippen molar-refractivity contribution in [2.24, 2.45) is 11.8 Å². The minimum atomic E-state index is 0.312. The van der Waals surface area contributed by atoms with Gasteiger partial charge in [-0.2, -0.15) is 0 Å². The number of hydrogen-bond donors (Lipinski definition) is 0. The first-order valence-corrected chi connectivity index (χ1v) is 8.85. The Morgan fingerprint density at radius 2 is 1.91 bits per heavy atom. The van der Waals surface area contributed by atoms with Crippen LogP contribution in [-0.2, 0) is 4.79 Å². The molecule has 0 radical (unpaired) electrons. The summed E-state index contributed by atoms with van der Waals surface area (Å²) in [6.07, 6.45) is 5.66. The quantitative estimate of drug-likeness (QED) is 0.856. The lowest BCUT2D eigenvalue weighted by Crippen LogP contribution is -2.42. The second kappa shape index (κ2) is 6.85. The normalized spacial score (nSPS) is 19.5. The molecule has 3 rings (SSSR count). The largest absolute Gasteiger partial charge is 0.356 e. The minimum absolute atomic E-state index is 0.312. The van der Waals surface area contributed by atoms with Gasteiger partial charge in [-0.25, -0.2) is 9.97 Å². The van der Waals surface area contributed by atoms with Gasteiger partial charge in [-0.3, -0.25) is 4.79 Å². The van der Waals surface area contributed by atoms with Gasteiger partial charge < -0.3 is 9.80 Å². The predicted octanol–water partition coefficient (Wildman–Crippen LogP) is 2.57. The zero-order chi connectivity index (χ0) is 16.4. The van der Waals surface area contributed by atoms with Crippen molar-refractivity contribution < 1.29 is 4.79 Å². The Morgan fingerprint density at radius 3 is 2.48 bits per heavy atom. The maximum absolute atomic E-state index is 12.3. The maximum Gasteiger partial charge on any atom is 0.225 e. The molecule has 23 heavy (non-hydrogen) atoms. The van der Waals surface area contributed by atoms with Crippen molar-refractivity contribution >= 4 is 11.7 Å². The van der Waals surface area contributed by atoms with E-state index in [-0.39, 0.29) is 0 Å². The van der Waals surface area contributed by atoms with Gasteiger partial charge in [0, 0.05) is 44.4 Å². The fourth-order valence-corrected chi connectivity index (χ4v) is 3.65. The molecule has 0 bridgehead atoms. The van der Waals surface area contributed by atoms with Crippen LogP contribution in [0.1, 0.15) is 43.6 Å². The second-order valence-electron chi connectivity index (χ2n) is 7.19. The van der Waals surface area contributed by atoms with Crippen molar-refractivity contribution in [2.45, 2.75) is 46.0 Å². The Balaban J connectivity index is 1.50. The summed E-state index contributed by atoms with van der Waals surface area (Å²) in [5, 5.41) is 0. The molecule has 2 aliphatic rings. The van der Waals surface area contributed by atoms with Crippen LogP contribution in [0.2, 0.25) is 0 Å². The molecule has 2 fully saturated rings. The van der Waals surface area contributed by atoms with Gasteiger partial charge in [-0.15, -0.1) is 0 Å². The summed E-state index contributed by atoms with van der Waals surface area (Å²) in [5.41, 5.74) is 1.03. The Morgan fingerprint density at radius 1 is 1.22 bits per heavy atom. The molecule has 0 unspecified atom stereocenters. The van der Waals surface area contributed by atoms with Crippen molar-refractivity contribution in [1.29, 1.82) is 0 Å². The highest BCUT2D eigenvalue weighted by atomic mass is 16.2. The van der Waals surface area contributed by atoms with Crippen molar-refractivity contribution in [2.75, 3.05) is 31.6 Å². The van der Waals surface area contributed by atoms with Crippen LogP contribution in [0.3, 0.4) is 0 Å². The average Bonchev–Trinajstić information content (AvgIpc) is 2.45. The summed E-state index contributed by atoms with van der Waals surface area (Å²) >= 11 is 0. The van der Waals surface area contributed by atoms with E-state index in [1.165, 1.54) is 6.42 Å². The maximum atomic E-state index is 12.3. The molecular weight excluding hydrogens is 288 g/mol. The fourth-order valence-electron chi connectivity index (χ4n) is 3.65. The van der Waals surface area contributed by atoms with Crippen LogP contribution >= 0.6 is 0 Å². The van der Waals surface area contributed by atoms with Gasteiger partial charge in [0.05, 0.1) is 0 Å². The van der Waals surface area contributed by atoms with E-state index in [4.69, 9.17) is 0 Å². The van der Waals surface area contributed by atoms with Crippen molar-refractivity contribution in [3.05, 3.63) is 17.6 Å². The first-order valence-electron chi connectivity index (χ1n) is 8.85. The SMILES string of the molecule is Cc1cc(N2CCC(CN(C)C(=O)C3CCC3)CC2)nc(C)n1. The molecule has 5 nitrogen and oxygen atoms in total. The standard InChI is InChI=1S/C18H28N4O/c1-13-11-17(20-14(2)19-13)22-9-7-15(8-10-22)12-21(3)18(23)16-5-4-6-16/h11,15-16H,4-10,12H2,1-3H3. The molecule has 1 saturated carbocycles. The van der Waals surface area contributed by atoms with Gasteiger partial charge >= 0.3 is 0 Å². The van der Waals surface area contributed by atoms with Gasteiger partial charge in [0.1, 0.15) is 11.6 Å². The van der Waals surface area contributed by atoms with Crippen LogP contribution in [0.5, 0.6) is 0 Å². The van der Waals surface area contributed by atoms with Crippen LogP contribution < -0.4 is 4.90 Å². The van der Waals surface area contributed by atoms with Crippen LogP contribution in [0, 0.1) is 25.7 Å². The molecule has 0 N–H and O–H groups in total. The minimum Gasteiger partial charge on any atom is -0.356 e. The number of piperidine rings is 1. The Labute approximate surface area is 139 Å². The van der Waals surface area contributed by atoms with Crippen molar-refractivity contribution in [3.8, 4) is 0 Å². The van der Waals surface area contributed by atoms with Crippen LogP contribution in [0.15, 0.2) is 6.07 Å². The molecule has 1 aromatic heterocycles. The molecule has 1 aliphatic heterocycles. The topological polar surface area (TPSA) is 49.3 Å². The number of carbonyl (C=O) groups excluding carboxylic acids is 1. The summed E-state index contributed by atoms with van der Waals surface area (Å²) < 4.78 is 0. The number of hydrogen-bond acceptors (Lipinski definition) is 4. The van der Waals surface area contributed by atoms with E-state index in [9.17, 15) is 4.79 Å². The summed E-state index contributed by atoms with van der Waals surface area (Å²) in [5.74, 6) is 3.18. The van der Waals surface area contributed by atoms with Crippen LogP contribution in [0.4, 0.5) is 5.82 Å². The molecule has 0 atom stereocenters. The first kappa shape index (κ1) is 16.2. The molecular formula is C18H28N4O. The molecule has 1 amide bonds. The number of amides is 1. The second-order valence-corrected chi connectivity index (χ2v) is 7.19. The van der Waals surface area contributed by atoms with Gasteiger partial charge in [0.15, 0.2) is 0 Å². The molecule has 0 spiro atoms. The van der Waals surface area contributed by atoms with Gasteiger partial charge in [0.25, 0.3) is 0 Å². The van der Waals surface area contributed by atoms with E-state index in [1.54, 1.807) is 0 Å². The lowest BCUT2D eigenvalue weighted by molar-refractivity contribution is -0.137. The molecule has 1 aromatic rings. The third-order valence-electron chi connectivity index (χ3n) is 5.25. The summed E-state index contributed by atoms with van der Waals surface area (Å²) in [7, 11) is 1.98. The van der Waals surface area contributed by atoms with Crippen LogP contribution in [-0.4, -0.2) is 47.5 Å². The third kappa shape index (κ3) is 3.82.